The average Bonchev–Trinajstić information content (AvgIpc) is 2.95. The van der Waals surface area contributed by atoms with E-state index < -0.39 is 0 Å². The van der Waals surface area contributed by atoms with Gasteiger partial charge >= 0.3 is 0 Å². The van der Waals surface area contributed by atoms with Crippen LogP contribution >= 0.6 is 11.3 Å². The van der Waals surface area contributed by atoms with Crippen LogP contribution in [0, 0.1) is 6.92 Å². The summed E-state index contributed by atoms with van der Waals surface area (Å²) in [5, 5.41) is 2.12. The van der Waals surface area contributed by atoms with E-state index >= 15 is 0 Å². The van der Waals surface area contributed by atoms with Crippen molar-refractivity contribution in [3.05, 3.63) is 63.4 Å². The van der Waals surface area contributed by atoms with Crippen LogP contribution in [0.1, 0.15) is 34.5 Å². The minimum Gasteiger partial charge on any atom is -0.332 e. The number of nitrogens with zero attached hydrogens (tertiary/aromatic N) is 1. The van der Waals surface area contributed by atoms with Crippen molar-refractivity contribution < 1.29 is 4.79 Å². The third-order valence-corrected chi connectivity index (χ3v) is 5.02. The summed E-state index contributed by atoms with van der Waals surface area (Å²) in [7, 11) is 0. The summed E-state index contributed by atoms with van der Waals surface area (Å²) in [5.41, 5.74) is 3.59. The zero-order valence-electron chi connectivity index (χ0n) is 12.4. The lowest BCUT2D eigenvalue weighted by Crippen LogP contribution is -2.37. The van der Waals surface area contributed by atoms with Crippen LogP contribution in [0.15, 0.2) is 41.8 Å². The van der Waals surface area contributed by atoms with Gasteiger partial charge in [-0.3, -0.25) is 4.79 Å². The average molecular weight is 297 g/mol. The maximum atomic E-state index is 12.4. The molecule has 2 nitrogen and oxygen atoms in total. The van der Waals surface area contributed by atoms with Crippen molar-refractivity contribution in [2.45, 2.75) is 26.3 Å². The van der Waals surface area contributed by atoms with Gasteiger partial charge in [0, 0.05) is 17.5 Å². The van der Waals surface area contributed by atoms with Crippen LogP contribution in [0.4, 0.5) is 0 Å². The van der Waals surface area contributed by atoms with E-state index in [1.54, 1.807) is 17.4 Å². The number of thiophene rings is 1. The highest BCUT2D eigenvalue weighted by Crippen LogP contribution is 2.32. The van der Waals surface area contributed by atoms with Gasteiger partial charge in [-0.15, -0.1) is 11.3 Å². The van der Waals surface area contributed by atoms with Gasteiger partial charge in [0.1, 0.15) is 0 Å². The molecule has 2 aromatic rings. The van der Waals surface area contributed by atoms with Gasteiger partial charge in [0.25, 0.3) is 0 Å². The topological polar surface area (TPSA) is 20.3 Å². The molecule has 1 aliphatic heterocycles. The quantitative estimate of drug-likeness (QED) is 0.760. The first kappa shape index (κ1) is 14.1. The Morgan fingerprint density at radius 3 is 3.05 bits per heavy atom. The standard InChI is InChI=1S/C18H19NOS/c1-13-4-3-5-15(12-13)6-7-18(20)19-10-8-17-16(14(19)2)9-11-21-17/h3-7,9,11-12,14H,8,10H2,1-2H3/b7-6+/t14-/m0/s1. The lowest BCUT2D eigenvalue weighted by molar-refractivity contribution is -0.128. The number of carbonyl (C=O) groups excluding carboxylic acids is 1. The minimum atomic E-state index is 0.0980. The van der Waals surface area contributed by atoms with E-state index in [1.807, 2.05) is 23.1 Å². The van der Waals surface area contributed by atoms with Crippen molar-refractivity contribution in [1.29, 1.82) is 0 Å². The zero-order chi connectivity index (χ0) is 14.8. The van der Waals surface area contributed by atoms with E-state index in [4.69, 9.17) is 0 Å². The molecular formula is C18H19NOS. The number of amides is 1. The summed E-state index contributed by atoms with van der Waals surface area (Å²) in [5.74, 6) is 0.0980. The maximum absolute atomic E-state index is 12.4. The summed E-state index contributed by atoms with van der Waals surface area (Å²) in [4.78, 5) is 15.8. The van der Waals surface area contributed by atoms with Gasteiger partial charge < -0.3 is 4.90 Å². The number of aryl methyl sites for hydroxylation is 1. The molecule has 2 heterocycles. The molecule has 1 aliphatic rings. The van der Waals surface area contributed by atoms with E-state index in [9.17, 15) is 4.79 Å². The molecular weight excluding hydrogens is 278 g/mol. The molecule has 1 aromatic carbocycles. The Kier molecular flexibility index (Phi) is 3.93. The molecule has 0 radical (unpaired) electrons. The highest BCUT2D eigenvalue weighted by molar-refractivity contribution is 7.10. The second-order valence-corrected chi connectivity index (χ2v) is 6.50. The van der Waals surface area contributed by atoms with Crippen molar-refractivity contribution in [2.24, 2.45) is 0 Å². The molecule has 0 saturated heterocycles. The normalized spacial score (nSPS) is 18.0. The van der Waals surface area contributed by atoms with E-state index in [1.165, 1.54) is 16.0 Å². The van der Waals surface area contributed by atoms with E-state index in [0.717, 1.165) is 18.5 Å². The summed E-state index contributed by atoms with van der Waals surface area (Å²) in [6.07, 6.45) is 4.58. The third kappa shape index (κ3) is 2.93. The first-order valence-electron chi connectivity index (χ1n) is 7.27. The molecule has 1 atom stereocenters. The summed E-state index contributed by atoms with van der Waals surface area (Å²) < 4.78 is 0. The Bertz CT molecular complexity index is 686. The van der Waals surface area contributed by atoms with Gasteiger partial charge in [-0.25, -0.2) is 0 Å². The van der Waals surface area contributed by atoms with Gasteiger partial charge in [0.15, 0.2) is 0 Å². The Morgan fingerprint density at radius 2 is 2.24 bits per heavy atom. The predicted octanol–water partition coefficient (Wildman–Crippen LogP) is 4.22. The first-order chi connectivity index (χ1) is 10.1. The Balaban J connectivity index is 1.74. The molecule has 0 bridgehead atoms. The Labute approximate surface area is 129 Å². The Hall–Kier alpha value is -1.87. The lowest BCUT2D eigenvalue weighted by atomic mass is 10.0. The van der Waals surface area contributed by atoms with E-state index in [-0.39, 0.29) is 11.9 Å². The highest BCUT2D eigenvalue weighted by Gasteiger charge is 2.26. The van der Waals surface area contributed by atoms with Crippen LogP contribution in [0.3, 0.4) is 0 Å². The van der Waals surface area contributed by atoms with Crippen LogP contribution in [0.5, 0.6) is 0 Å². The summed E-state index contributed by atoms with van der Waals surface area (Å²) in [6.45, 7) is 4.98. The lowest BCUT2D eigenvalue weighted by Gasteiger charge is -2.32. The molecule has 0 N–H and O–H groups in total. The minimum absolute atomic E-state index is 0.0980. The monoisotopic (exact) mass is 297 g/mol. The SMILES string of the molecule is Cc1cccc(/C=C/C(=O)N2CCc3sccc3[C@@H]2C)c1. The molecule has 0 aliphatic carbocycles. The first-order valence-corrected chi connectivity index (χ1v) is 8.15. The fourth-order valence-corrected chi connectivity index (χ4v) is 3.81. The highest BCUT2D eigenvalue weighted by atomic mass is 32.1. The molecule has 1 aromatic heterocycles. The smallest absolute Gasteiger partial charge is 0.247 e. The van der Waals surface area contributed by atoms with Crippen molar-refractivity contribution in [2.75, 3.05) is 6.54 Å². The van der Waals surface area contributed by atoms with Crippen LogP contribution in [0.2, 0.25) is 0 Å². The summed E-state index contributed by atoms with van der Waals surface area (Å²) in [6, 6.07) is 10.5. The van der Waals surface area contributed by atoms with Crippen molar-refractivity contribution in [1.82, 2.24) is 4.90 Å². The molecule has 0 spiro atoms. The molecule has 108 valence electrons. The van der Waals surface area contributed by atoms with Crippen LogP contribution in [0.25, 0.3) is 6.08 Å². The predicted molar refractivity (Wildman–Crippen MR) is 88.4 cm³/mol. The molecule has 1 amide bonds. The number of benzene rings is 1. The fraction of sp³-hybridized carbons (Fsp3) is 0.278. The second-order valence-electron chi connectivity index (χ2n) is 5.50. The van der Waals surface area contributed by atoms with Crippen LogP contribution in [-0.4, -0.2) is 17.4 Å². The second kappa shape index (κ2) is 5.86. The number of hydrogen-bond donors (Lipinski definition) is 0. The molecule has 21 heavy (non-hydrogen) atoms. The fourth-order valence-electron chi connectivity index (χ4n) is 2.85. The van der Waals surface area contributed by atoms with Gasteiger partial charge in [-0.2, -0.15) is 0 Å². The largest absolute Gasteiger partial charge is 0.332 e. The van der Waals surface area contributed by atoms with Crippen molar-refractivity contribution in [3.8, 4) is 0 Å². The van der Waals surface area contributed by atoms with Gasteiger partial charge in [-0.1, -0.05) is 29.8 Å². The third-order valence-electron chi connectivity index (χ3n) is 4.02. The van der Waals surface area contributed by atoms with Gasteiger partial charge in [0.2, 0.25) is 5.91 Å². The number of rotatable bonds is 2. The van der Waals surface area contributed by atoms with Gasteiger partial charge in [-0.05, 0) is 48.9 Å². The maximum Gasteiger partial charge on any atom is 0.247 e. The number of fused-ring (bicyclic) bond motifs is 1. The molecule has 0 fully saturated rings. The summed E-state index contributed by atoms with van der Waals surface area (Å²) >= 11 is 1.80. The molecule has 3 heteroatoms. The number of hydrogen-bond acceptors (Lipinski definition) is 2. The van der Waals surface area contributed by atoms with Crippen molar-refractivity contribution >= 4 is 23.3 Å². The van der Waals surface area contributed by atoms with Crippen LogP contribution in [-0.2, 0) is 11.2 Å². The number of carbonyl (C=O) groups is 1. The Morgan fingerprint density at radius 1 is 1.38 bits per heavy atom. The van der Waals surface area contributed by atoms with E-state index in [0.29, 0.717) is 0 Å². The van der Waals surface area contributed by atoms with E-state index in [2.05, 4.69) is 37.4 Å². The molecule has 3 rings (SSSR count). The van der Waals surface area contributed by atoms with Crippen LogP contribution < -0.4 is 0 Å². The van der Waals surface area contributed by atoms with Crippen molar-refractivity contribution in [3.63, 3.8) is 0 Å². The zero-order valence-corrected chi connectivity index (χ0v) is 13.2. The molecule has 0 unspecified atom stereocenters. The van der Waals surface area contributed by atoms with Gasteiger partial charge in [0.05, 0.1) is 6.04 Å². The molecule has 0 saturated carbocycles.